The Balaban J connectivity index is 2.03. The van der Waals surface area contributed by atoms with Gasteiger partial charge in [0.2, 0.25) is 0 Å². The Morgan fingerprint density at radius 3 is 2.84 bits per heavy atom. The number of nitrogens with zero attached hydrogens (tertiary/aromatic N) is 1. The second kappa shape index (κ2) is 5.79. The van der Waals surface area contributed by atoms with Gasteiger partial charge in [0.15, 0.2) is 11.6 Å². The van der Waals surface area contributed by atoms with Crippen LogP contribution in [0, 0.1) is 11.6 Å². The fourth-order valence-electron chi connectivity index (χ4n) is 1.38. The first-order valence-electron chi connectivity index (χ1n) is 5.85. The molecular weight excluding hydrogens is 254 g/mol. The van der Waals surface area contributed by atoms with Crippen LogP contribution in [0.15, 0.2) is 28.9 Å². The number of halogens is 2. The molecule has 0 aliphatic carbocycles. The molecule has 0 atom stereocenters. The lowest BCUT2D eigenvalue weighted by molar-refractivity contribution is 0.317. The van der Waals surface area contributed by atoms with E-state index in [-0.39, 0.29) is 11.8 Å². The number of hydrogen-bond donors (Lipinski definition) is 1. The van der Waals surface area contributed by atoms with Crippen LogP contribution < -0.4 is 10.1 Å². The molecule has 2 aromatic rings. The minimum absolute atomic E-state index is 0.0777. The summed E-state index contributed by atoms with van der Waals surface area (Å²) in [5.74, 6) is -1.61. The van der Waals surface area contributed by atoms with Crippen LogP contribution in [0.4, 0.5) is 8.78 Å². The minimum Gasteiger partial charge on any atom is -0.417 e. The van der Waals surface area contributed by atoms with Gasteiger partial charge in [0.25, 0.3) is 0 Å². The van der Waals surface area contributed by atoms with Gasteiger partial charge >= 0.3 is 6.08 Å². The Morgan fingerprint density at radius 2 is 2.16 bits per heavy atom. The molecule has 0 aliphatic rings. The highest BCUT2D eigenvalue weighted by Gasteiger charge is 2.10. The summed E-state index contributed by atoms with van der Waals surface area (Å²) in [6.07, 6.45) is 1.35. The number of nitrogens with one attached hydrogen (secondary N) is 1. The minimum atomic E-state index is -0.806. The number of rotatable bonds is 5. The molecule has 0 radical (unpaired) electrons. The summed E-state index contributed by atoms with van der Waals surface area (Å²) in [7, 11) is 0. The van der Waals surface area contributed by atoms with Gasteiger partial charge in [-0.2, -0.15) is 4.98 Å². The van der Waals surface area contributed by atoms with Crippen molar-refractivity contribution in [3.63, 3.8) is 0 Å². The van der Waals surface area contributed by atoms with Crippen molar-refractivity contribution in [1.29, 1.82) is 0 Å². The van der Waals surface area contributed by atoms with Crippen LogP contribution in [0.25, 0.3) is 0 Å². The van der Waals surface area contributed by atoms with Crippen LogP contribution >= 0.6 is 0 Å². The van der Waals surface area contributed by atoms with Crippen LogP contribution in [0.3, 0.4) is 0 Å². The third-order valence-corrected chi connectivity index (χ3v) is 2.31. The first kappa shape index (κ1) is 13.5. The van der Waals surface area contributed by atoms with E-state index in [2.05, 4.69) is 10.3 Å². The van der Waals surface area contributed by atoms with Gasteiger partial charge in [0.1, 0.15) is 12.1 Å². The van der Waals surface area contributed by atoms with Gasteiger partial charge in [-0.1, -0.05) is 13.8 Å². The number of aromatic nitrogens is 1. The number of benzene rings is 1. The summed E-state index contributed by atoms with van der Waals surface area (Å²) in [6.45, 7) is 4.53. The van der Waals surface area contributed by atoms with Crippen molar-refractivity contribution >= 4 is 0 Å². The molecule has 1 aromatic heterocycles. The molecule has 1 heterocycles. The number of ether oxygens (including phenoxy) is 1. The van der Waals surface area contributed by atoms with E-state index < -0.39 is 11.6 Å². The number of oxazole rings is 1. The molecular formula is C13H14F2N2O2. The van der Waals surface area contributed by atoms with E-state index in [4.69, 9.17) is 9.15 Å². The molecule has 0 saturated carbocycles. The van der Waals surface area contributed by atoms with Gasteiger partial charge in [0.05, 0.1) is 5.69 Å². The van der Waals surface area contributed by atoms with E-state index in [1.807, 2.05) is 13.8 Å². The van der Waals surface area contributed by atoms with E-state index in [0.29, 0.717) is 18.3 Å². The average Bonchev–Trinajstić information content (AvgIpc) is 2.78. The largest absolute Gasteiger partial charge is 0.417 e. The lowest BCUT2D eigenvalue weighted by atomic mass is 10.3. The highest BCUT2D eigenvalue weighted by molar-refractivity contribution is 5.26. The van der Waals surface area contributed by atoms with Crippen LogP contribution in [0.5, 0.6) is 11.8 Å². The summed E-state index contributed by atoms with van der Waals surface area (Å²) in [5.41, 5.74) is 0.645. The lowest BCUT2D eigenvalue weighted by Crippen LogP contribution is -2.21. The SMILES string of the molecule is CC(C)NCc1coc(Oc2ccc(F)cc2F)n1. The zero-order valence-electron chi connectivity index (χ0n) is 10.6. The molecule has 0 amide bonds. The van der Waals surface area contributed by atoms with E-state index >= 15 is 0 Å². The molecule has 0 aliphatic heterocycles. The highest BCUT2D eigenvalue weighted by Crippen LogP contribution is 2.24. The van der Waals surface area contributed by atoms with Crippen LogP contribution in [-0.4, -0.2) is 11.0 Å². The Morgan fingerprint density at radius 1 is 1.37 bits per heavy atom. The van der Waals surface area contributed by atoms with Gasteiger partial charge in [-0.15, -0.1) is 0 Å². The van der Waals surface area contributed by atoms with Crippen molar-refractivity contribution in [3.05, 3.63) is 41.8 Å². The van der Waals surface area contributed by atoms with Gasteiger partial charge in [0, 0.05) is 18.7 Å². The third kappa shape index (κ3) is 3.75. The van der Waals surface area contributed by atoms with Gasteiger partial charge in [-0.25, -0.2) is 8.78 Å². The molecule has 0 unspecified atom stereocenters. The molecule has 0 saturated heterocycles. The van der Waals surface area contributed by atoms with Crippen molar-refractivity contribution in [2.24, 2.45) is 0 Å². The maximum Gasteiger partial charge on any atom is 0.399 e. The van der Waals surface area contributed by atoms with Crippen LogP contribution in [0.1, 0.15) is 19.5 Å². The standard InChI is InChI=1S/C13H14F2N2O2/c1-8(2)16-6-10-7-18-13(17-10)19-12-4-3-9(14)5-11(12)15/h3-5,7-8,16H,6H2,1-2H3. The van der Waals surface area contributed by atoms with Gasteiger partial charge in [-0.3, -0.25) is 0 Å². The third-order valence-electron chi connectivity index (χ3n) is 2.31. The van der Waals surface area contributed by atoms with Crippen molar-refractivity contribution < 1.29 is 17.9 Å². The first-order valence-corrected chi connectivity index (χ1v) is 5.85. The fraction of sp³-hybridized carbons (Fsp3) is 0.308. The average molecular weight is 268 g/mol. The molecule has 6 heteroatoms. The molecule has 4 nitrogen and oxygen atoms in total. The second-order valence-corrected chi connectivity index (χ2v) is 4.32. The number of hydrogen-bond acceptors (Lipinski definition) is 4. The molecule has 0 spiro atoms. The Labute approximate surface area is 109 Å². The predicted octanol–water partition coefficient (Wildman–Crippen LogP) is 3.24. The fourth-order valence-corrected chi connectivity index (χ4v) is 1.38. The van der Waals surface area contributed by atoms with E-state index in [1.54, 1.807) is 0 Å². The summed E-state index contributed by atoms with van der Waals surface area (Å²) in [5, 5.41) is 3.16. The molecule has 0 fully saturated rings. The van der Waals surface area contributed by atoms with Crippen LogP contribution in [0.2, 0.25) is 0 Å². The smallest absolute Gasteiger partial charge is 0.399 e. The highest BCUT2D eigenvalue weighted by atomic mass is 19.1. The summed E-state index contributed by atoms with van der Waals surface area (Å²) < 4.78 is 36.2. The van der Waals surface area contributed by atoms with E-state index in [9.17, 15) is 8.78 Å². The zero-order chi connectivity index (χ0) is 13.8. The summed E-state index contributed by atoms with van der Waals surface area (Å²) >= 11 is 0. The van der Waals surface area contributed by atoms with Crippen molar-refractivity contribution in [1.82, 2.24) is 10.3 Å². The normalized spacial score (nSPS) is 11.0. The molecule has 19 heavy (non-hydrogen) atoms. The maximum absolute atomic E-state index is 13.4. The van der Waals surface area contributed by atoms with E-state index in [1.165, 1.54) is 12.3 Å². The zero-order valence-corrected chi connectivity index (χ0v) is 10.6. The molecule has 2 rings (SSSR count). The van der Waals surface area contributed by atoms with Gasteiger partial charge in [-0.05, 0) is 12.1 Å². The quantitative estimate of drug-likeness (QED) is 0.904. The van der Waals surface area contributed by atoms with E-state index in [0.717, 1.165) is 12.1 Å². The van der Waals surface area contributed by atoms with Gasteiger partial charge < -0.3 is 14.5 Å². The summed E-state index contributed by atoms with van der Waals surface area (Å²) in [6, 6.07) is 3.33. The topological polar surface area (TPSA) is 47.3 Å². The molecule has 0 bridgehead atoms. The maximum atomic E-state index is 13.4. The predicted molar refractivity (Wildman–Crippen MR) is 64.9 cm³/mol. The second-order valence-electron chi connectivity index (χ2n) is 4.32. The lowest BCUT2D eigenvalue weighted by Gasteiger charge is -2.04. The van der Waals surface area contributed by atoms with Crippen molar-refractivity contribution in [2.75, 3.05) is 0 Å². The first-order chi connectivity index (χ1) is 9.04. The van der Waals surface area contributed by atoms with Crippen LogP contribution in [-0.2, 0) is 6.54 Å². The monoisotopic (exact) mass is 268 g/mol. The Kier molecular flexibility index (Phi) is 4.11. The molecule has 1 N–H and O–H groups in total. The Hall–Kier alpha value is -1.95. The van der Waals surface area contributed by atoms with Crippen molar-refractivity contribution in [3.8, 4) is 11.8 Å². The summed E-state index contributed by atoms with van der Waals surface area (Å²) in [4.78, 5) is 4.03. The molecule has 1 aromatic carbocycles. The molecule has 102 valence electrons. The Bertz CT molecular complexity index is 555. The van der Waals surface area contributed by atoms with Crippen molar-refractivity contribution in [2.45, 2.75) is 26.4 Å².